The Hall–Kier alpha value is -0.980. The van der Waals surface area contributed by atoms with Crippen LogP contribution in [0.1, 0.15) is 45.2 Å². The lowest BCUT2D eigenvalue weighted by atomic mass is 10.0. The van der Waals surface area contributed by atoms with Crippen LogP contribution in [0.4, 0.5) is 8.78 Å². The molecule has 3 N–H and O–H groups in total. The second-order valence-corrected chi connectivity index (χ2v) is 6.03. The molecule has 1 rings (SSSR count). The number of alkyl halides is 2. The van der Waals surface area contributed by atoms with Gasteiger partial charge in [-0.15, -0.1) is 6.58 Å². The van der Waals surface area contributed by atoms with Crippen molar-refractivity contribution in [3.8, 4) is 5.75 Å². The predicted octanol–water partition coefficient (Wildman–Crippen LogP) is 4.84. The van der Waals surface area contributed by atoms with E-state index < -0.39 is 18.6 Å². The molecule has 3 nitrogen and oxygen atoms in total. The van der Waals surface area contributed by atoms with Crippen LogP contribution in [-0.4, -0.2) is 23.7 Å². The van der Waals surface area contributed by atoms with E-state index in [2.05, 4.69) is 29.4 Å². The molecule has 23 heavy (non-hydrogen) atoms. The summed E-state index contributed by atoms with van der Waals surface area (Å²) in [7, 11) is 0. The van der Waals surface area contributed by atoms with Crippen LogP contribution in [0.25, 0.3) is 0 Å². The highest BCUT2D eigenvalue weighted by atomic mass is 79.9. The van der Waals surface area contributed by atoms with Gasteiger partial charge in [0.25, 0.3) is 5.92 Å². The number of halogens is 3. The van der Waals surface area contributed by atoms with E-state index in [1.165, 1.54) is 6.07 Å². The van der Waals surface area contributed by atoms with Gasteiger partial charge in [0.15, 0.2) is 0 Å². The van der Waals surface area contributed by atoms with Crippen molar-refractivity contribution in [1.29, 1.82) is 0 Å². The number of hydrogen-bond donors (Lipinski definition) is 2. The third-order valence-corrected chi connectivity index (χ3v) is 3.66. The summed E-state index contributed by atoms with van der Waals surface area (Å²) >= 11 is 3.22. The molecule has 1 aromatic carbocycles. The van der Waals surface area contributed by atoms with Crippen molar-refractivity contribution in [2.45, 2.75) is 51.7 Å². The Morgan fingerprint density at radius 2 is 2.00 bits per heavy atom. The van der Waals surface area contributed by atoms with Gasteiger partial charge in [0.2, 0.25) is 0 Å². The highest BCUT2D eigenvalue weighted by molar-refractivity contribution is 9.10. The Morgan fingerprint density at radius 3 is 2.43 bits per heavy atom. The SMILES string of the molecule is C=CCC.CCC(C)Oc1ccc(Br)cc1C(N)C(F)(F)CO. The molecule has 0 aliphatic heterocycles. The van der Waals surface area contributed by atoms with E-state index in [1.807, 2.05) is 19.9 Å². The Morgan fingerprint density at radius 1 is 1.43 bits per heavy atom. The first kappa shape index (κ1) is 22.0. The van der Waals surface area contributed by atoms with Crippen LogP contribution in [-0.2, 0) is 0 Å². The van der Waals surface area contributed by atoms with Crippen molar-refractivity contribution in [2.24, 2.45) is 5.73 Å². The number of allylic oxidation sites excluding steroid dienone is 1. The van der Waals surface area contributed by atoms with Gasteiger partial charge >= 0.3 is 0 Å². The number of benzene rings is 1. The molecular formula is C17H26BrF2NO2. The molecule has 0 heterocycles. The molecule has 0 spiro atoms. The Balaban J connectivity index is 0.00000108. The number of ether oxygens (including phenoxy) is 1. The quantitative estimate of drug-likeness (QED) is 0.651. The molecule has 0 bridgehead atoms. The van der Waals surface area contributed by atoms with Crippen LogP contribution in [0.5, 0.6) is 5.75 Å². The normalized spacial score (nSPS) is 13.6. The average Bonchev–Trinajstić information content (AvgIpc) is 2.55. The Labute approximate surface area is 145 Å². The molecule has 0 aliphatic rings. The van der Waals surface area contributed by atoms with Crippen LogP contribution < -0.4 is 10.5 Å². The van der Waals surface area contributed by atoms with Crippen LogP contribution >= 0.6 is 15.9 Å². The number of aliphatic hydroxyl groups excluding tert-OH is 1. The smallest absolute Gasteiger partial charge is 0.289 e. The van der Waals surface area contributed by atoms with Gasteiger partial charge in [-0.2, -0.15) is 0 Å². The van der Waals surface area contributed by atoms with Gasteiger partial charge in [-0.1, -0.05) is 35.9 Å². The van der Waals surface area contributed by atoms with Gasteiger partial charge in [0, 0.05) is 10.0 Å². The molecule has 6 heteroatoms. The van der Waals surface area contributed by atoms with Gasteiger partial charge in [-0.05, 0) is 38.0 Å². The maximum atomic E-state index is 13.5. The van der Waals surface area contributed by atoms with Crippen LogP contribution in [0.15, 0.2) is 35.3 Å². The Kier molecular flexibility index (Phi) is 10.3. The standard InChI is InChI=1S/C13H18BrF2NO2.C4H8/c1-3-8(2)19-11-5-4-9(14)6-10(11)12(17)13(15,16)7-18;1-3-4-2/h4-6,8,12,18H,3,7,17H2,1-2H3;3H,1,4H2,2H3. The van der Waals surface area contributed by atoms with Gasteiger partial charge < -0.3 is 15.6 Å². The fourth-order valence-corrected chi connectivity index (χ4v) is 1.87. The van der Waals surface area contributed by atoms with E-state index in [4.69, 9.17) is 15.6 Å². The summed E-state index contributed by atoms with van der Waals surface area (Å²) in [4.78, 5) is 0. The zero-order valence-corrected chi connectivity index (χ0v) is 15.4. The van der Waals surface area contributed by atoms with Crippen LogP contribution in [0, 0.1) is 0 Å². The summed E-state index contributed by atoms with van der Waals surface area (Å²) in [6, 6.07) is 3.17. The minimum Gasteiger partial charge on any atom is -0.490 e. The van der Waals surface area contributed by atoms with E-state index in [1.54, 1.807) is 12.1 Å². The molecule has 0 saturated heterocycles. The molecule has 2 unspecified atom stereocenters. The average molecular weight is 394 g/mol. The second kappa shape index (κ2) is 10.7. The van der Waals surface area contributed by atoms with Crippen molar-refractivity contribution in [3.63, 3.8) is 0 Å². The van der Waals surface area contributed by atoms with E-state index in [0.717, 1.165) is 12.8 Å². The zero-order chi connectivity index (χ0) is 18.0. The van der Waals surface area contributed by atoms with Crippen LogP contribution in [0.3, 0.4) is 0 Å². The third-order valence-electron chi connectivity index (χ3n) is 3.16. The summed E-state index contributed by atoms with van der Waals surface area (Å²) in [5.74, 6) is -3.08. The fourth-order valence-electron chi connectivity index (χ4n) is 1.50. The van der Waals surface area contributed by atoms with Crippen LogP contribution in [0.2, 0.25) is 0 Å². The minimum atomic E-state index is -3.39. The van der Waals surface area contributed by atoms with Crippen molar-refractivity contribution in [1.82, 2.24) is 0 Å². The molecule has 0 amide bonds. The minimum absolute atomic E-state index is 0.102. The summed E-state index contributed by atoms with van der Waals surface area (Å²) in [5.41, 5.74) is 5.73. The maximum absolute atomic E-state index is 13.5. The van der Waals surface area contributed by atoms with E-state index in [0.29, 0.717) is 10.2 Å². The molecule has 0 saturated carbocycles. The van der Waals surface area contributed by atoms with E-state index in [9.17, 15) is 8.78 Å². The van der Waals surface area contributed by atoms with Crippen molar-refractivity contribution < 1.29 is 18.6 Å². The highest BCUT2D eigenvalue weighted by Gasteiger charge is 2.39. The molecule has 132 valence electrons. The second-order valence-electron chi connectivity index (χ2n) is 5.11. The Bertz CT molecular complexity index is 484. The summed E-state index contributed by atoms with van der Waals surface area (Å²) < 4.78 is 33.3. The first-order chi connectivity index (χ1) is 10.7. The lowest BCUT2D eigenvalue weighted by Crippen LogP contribution is -2.36. The predicted molar refractivity (Wildman–Crippen MR) is 94.0 cm³/mol. The van der Waals surface area contributed by atoms with Crippen molar-refractivity contribution in [2.75, 3.05) is 6.61 Å². The molecule has 1 aromatic rings. The first-order valence-corrected chi connectivity index (χ1v) is 8.33. The van der Waals surface area contributed by atoms with E-state index in [-0.39, 0.29) is 11.7 Å². The topological polar surface area (TPSA) is 55.5 Å². The molecule has 0 aliphatic carbocycles. The van der Waals surface area contributed by atoms with Gasteiger partial charge in [-0.3, -0.25) is 0 Å². The molecule has 0 radical (unpaired) electrons. The summed E-state index contributed by atoms with van der Waals surface area (Å²) in [6.45, 7) is 8.02. The highest BCUT2D eigenvalue weighted by Crippen LogP contribution is 2.36. The first-order valence-electron chi connectivity index (χ1n) is 7.54. The third kappa shape index (κ3) is 7.42. The van der Waals surface area contributed by atoms with Gasteiger partial charge in [-0.25, -0.2) is 8.78 Å². The maximum Gasteiger partial charge on any atom is 0.289 e. The lowest BCUT2D eigenvalue weighted by molar-refractivity contribution is -0.0718. The van der Waals surface area contributed by atoms with Crippen molar-refractivity contribution >= 4 is 15.9 Å². The number of nitrogens with two attached hydrogens (primary N) is 1. The molecule has 0 fully saturated rings. The number of aliphatic hydroxyl groups is 1. The van der Waals surface area contributed by atoms with Gasteiger partial charge in [0.05, 0.1) is 6.10 Å². The lowest BCUT2D eigenvalue weighted by Gasteiger charge is -2.25. The fraction of sp³-hybridized carbons (Fsp3) is 0.529. The molecular weight excluding hydrogens is 368 g/mol. The number of rotatable bonds is 7. The zero-order valence-electron chi connectivity index (χ0n) is 13.9. The van der Waals surface area contributed by atoms with Crippen molar-refractivity contribution in [3.05, 3.63) is 40.9 Å². The summed E-state index contributed by atoms with van der Waals surface area (Å²) in [6.07, 6.45) is 3.61. The van der Waals surface area contributed by atoms with Gasteiger partial charge in [0.1, 0.15) is 18.4 Å². The largest absolute Gasteiger partial charge is 0.490 e. The van der Waals surface area contributed by atoms with E-state index >= 15 is 0 Å². The summed E-state index contributed by atoms with van der Waals surface area (Å²) in [5, 5.41) is 8.73. The monoisotopic (exact) mass is 393 g/mol. The molecule has 0 aromatic heterocycles. The molecule has 2 atom stereocenters. The number of hydrogen-bond acceptors (Lipinski definition) is 3.